The second-order valence-corrected chi connectivity index (χ2v) is 12.2. The highest BCUT2D eigenvalue weighted by molar-refractivity contribution is 9.10. The average Bonchev–Trinajstić information content (AvgIpc) is 2.92. The molecule has 4 nitrogen and oxygen atoms in total. The summed E-state index contributed by atoms with van der Waals surface area (Å²) in [5.41, 5.74) is 1.58. The number of benzene rings is 1. The summed E-state index contributed by atoms with van der Waals surface area (Å²) in [5.74, 6) is 0.672. The fourth-order valence-electron chi connectivity index (χ4n) is 5.01. The molecule has 1 spiro atoms. The van der Waals surface area contributed by atoms with Gasteiger partial charge >= 0.3 is 0 Å². The predicted molar refractivity (Wildman–Crippen MR) is 123 cm³/mol. The second kappa shape index (κ2) is 8.54. The van der Waals surface area contributed by atoms with E-state index in [0.29, 0.717) is 12.4 Å². The molecule has 2 unspecified atom stereocenters. The predicted octanol–water partition coefficient (Wildman–Crippen LogP) is 5.38. The molecule has 2 aliphatic rings. The molecule has 162 valence electrons. The highest BCUT2D eigenvalue weighted by Crippen LogP contribution is 2.61. The van der Waals surface area contributed by atoms with Gasteiger partial charge in [0.25, 0.3) is 0 Å². The molecule has 29 heavy (non-hydrogen) atoms. The maximum Gasteiger partial charge on any atom is 0.151 e. The van der Waals surface area contributed by atoms with E-state index < -0.39 is 21.6 Å². The summed E-state index contributed by atoms with van der Waals surface area (Å²) in [6.07, 6.45) is 5.11. The van der Waals surface area contributed by atoms with Gasteiger partial charge in [0.15, 0.2) is 5.54 Å². The lowest BCUT2D eigenvalue weighted by molar-refractivity contribution is -0.0156. The minimum Gasteiger partial charge on any atom is -0.598 e. The number of rotatable bonds is 6. The van der Waals surface area contributed by atoms with Gasteiger partial charge in [-0.15, -0.1) is 4.72 Å². The third kappa shape index (κ3) is 4.03. The minimum atomic E-state index is -1.28. The summed E-state index contributed by atoms with van der Waals surface area (Å²) >= 11 is 2.37. The second-order valence-electron chi connectivity index (χ2n) is 9.28. The zero-order chi connectivity index (χ0) is 21.4. The lowest BCUT2D eigenvalue weighted by Crippen LogP contribution is -2.60. The third-order valence-electron chi connectivity index (χ3n) is 6.56. The van der Waals surface area contributed by atoms with Gasteiger partial charge in [-0.2, -0.15) is 0 Å². The lowest BCUT2D eigenvalue weighted by atomic mass is 9.61. The van der Waals surface area contributed by atoms with Crippen molar-refractivity contribution in [2.45, 2.75) is 76.2 Å². The first-order valence-corrected chi connectivity index (χ1v) is 12.4. The highest BCUT2D eigenvalue weighted by atomic mass is 79.9. The van der Waals surface area contributed by atoms with Crippen molar-refractivity contribution in [3.63, 3.8) is 0 Å². The summed E-state index contributed by atoms with van der Waals surface area (Å²) < 4.78 is 29.4. The highest BCUT2D eigenvalue weighted by Gasteiger charge is 2.63. The van der Waals surface area contributed by atoms with Gasteiger partial charge in [-0.05, 0) is 83.1 Å². The van der Waals surface area contributed by atoms with E-state index in [9.17, 15) is 4.55 Å². The van der Waals surface area contributed by atoms with E-state index in [1.165, 1.54) is 5.56 Å². The van der Waals surface area contributed by atoms with Gasteiger partial charge in [0.05, 0.1) is 12.7 Å². The van der Waals surface area contributed by atoms with E-state index in [4.69, 9.17) is 9.47 Å². The van der Waals surface area contributed by atoms with Gasteiger partial charge in [-0.1, -0.05) is 28.6 Å². The largest absolute Gasteiger partial charge is 0.598 e. The third-order valence-corrected chi connectivity index (χ3v) is 8.66. The van der Waals surface area contributed by atoms with Crippen LogP contribution >= 0.6 is 15.9 Å². The quantitative estimate of drug-likeness (QED) is 0.435. The molecule has 0 amide bonds. The molecule has 6 heteroatoms. The van der Waals surface area contributed by atoms with Crippen LogP contribution in [-0.2, 0) is 32.8 Å². The van der Waals surface area contributed by atoms with Crippen molar-refractivity contribution in [2.75, 3.05) is 13.7 Å². The maximum absolute atomic E-state index is 13.4. The molecule has 1 saturated carbocycles. The van der Waals surface area contributed by atoms with Crippen LogP contribution in [0.15, 0.2) is 35.0 Å². The van der Waals surface area contributed by atoms with Crippen LogP contribution in [-0.4, -0.2) is 29.1 Å². The van der Waals surface area contributed by atoms with Gasteiger partial charge < -0.3 is 14.0 Å². The first kappa shape index (κ1) is 23.1. The summed E-state index contributed by atoms with van der Waals surface area (Å²) in [7, 11) is 1.79. The van der Waals surface area contributed by atoms with Crippen LogP contribution in [0.3, 0.4) is 0 Å². The van der Waals surface area contributed by atoms with Crippen molar-refractivity contribution in [3.05, 3.63) is 46.1 Å². The Morgan fingerprint density at radius 2 is 2.00 bits per heavy atom. The van der Waals surface area contributed by atoms with E-state index in [1.807, 2.05) is 27.7 Å². The standard InChI is InChI=1S/C23H34BrNO3S/c1-7-28-16(2)23(25-29(26)21(3,4)5)20-14-18(24)9-8-17(20)15-22(23)12-10-19(27-6)11-13-22/h8-9,14,19,25H,2,7,10-13,15H2,1,3-6H3. The summed E-state index contributed by atoms with van der Waals surface area (Å²) in [6.45, 7) is 12.9. The molecule has 0 saturated heterocycles. The average molecular weight is 485 g/mol. The van der Waals surface area contributed by atoms with Gasteiger partial charge in [0.2, 0.25) is 0 Å². The van der Waals surface area contributed by atoms with Crippen molar-refractivity contribution in [1.29, 1.82) is 0 Å². The molecular formula is C23H34BrNO3S. The number of nitrogens with one attached hydrogen (secondary N) is 1. The van der Waals surface area contributed by atoms with Crippen LogP contribution in [0.2, 0.25) is 0 Å². The molecular weight excluding hydrogens is 450 g/mol. The number of fused-ring (bicyclic) bond motifs is 1. The molecule has 1 aromatic rings. The van der Waals surface area contributed by atoms with Crippen LogP contribution < -0.4 is 4.72 Å². The van der Waals surface area contributed by atoms with E-state index in [2.05, 4.69) is 45.4 Å². The molecule has 1 aromatic carbocycles. The SMILES string of the molecule is C=C(OCC)C1(N[S+]([O-])C(C)(C)C)c2cc(Br)ccc2CC12CCC(OC)CC2. The zero-order valence-electron chi connectivity index (χ0n) is 18.3. The molecule has 0 aliphatic heterocycles. The fourth-order valence-corrected chi connectivity index (χ4v) is 6.39. The monoisotopic (exact) mass is 483 g/mol. The minimum absolute atomic E-state index is 0.141. The Morgan fingerprint density at radius 3 is 2.55 bits per heavy atom. The number of hydrogen-bond acceptors (Lipinski definition) is 4. The van der Waals surface area contributed by atoms with Crippen molar-refractivity contribution < 1.29 is 14.0 Å². The van der Waals surface area contributed by atoms with E-state index >= 15 is 0 Å². The Hall–Kier alpha value is -0.530. The number of methoxy groups -OCH3 is 1. The molecule has 1 N–H and O–H groups in total. The Morgan fingerprint density at radius 1 is 1.34 bits per heavy atom. The lowest BCUT2D eigenvalue weighted by Gasteiger charge is -2.50. The normalized spacial score (nSPS) is 30.2. The Balaban J connectivity index is 2.18. The van der Waals surface area contributed by atoms with Crippen molar-refractivity contribution >= 4 is 27.3 Å². The summed E-state index contributed by atoms with van der Waals surface area (Å²) in [5, 5.41) is 0. The molecule has 0 radical (unpaired) electrons. The maximum atomic E-state index is 13.4. The van der Waals surface area contributed by atoms with Crippen LogP contribution in [0.1, 0.15) is 64.5 Å². The summed E-state index contributed by atoms with van der Waals surface area (Å²) in [4.78, 5) is 0. The van der Waals surface area contributed by atoms with E-state index in [-0.39, 0.29) is 11.5 Å². The Bertz CT molecular complexity index is 755. The Labute approximate surface area is 187 Å². The summed E-state index contributed by atoms with van der Waals surface area (Å²) in [6, 6.07) is 6.43. The van der Waals surface area contributed by atoms with Gasteiger partial charge in [0, 0.05) is 28.4 Å². The Kier molecular flexibility index (Phi) is 6.82. The van der Waals surface area contributed by atoms with Crippen molar-refractivity contribution in [1.82, 2.24) is 4.72 Å². The zero-order valence-corrected chi connectivity index (χ0v) is 20.7. The molecule has 3 rings (SSSR count). The molecule has 1 fully saturated rings. The smallest absolute Gasteiger partial charge is 0.151 e. The fraction of sp³-hybridized carbons (Fsp3) is 0.652. The van der Waals surface area contributed by atoms with Crippen LogP contribution in [0, 0.1) is 5.41 Å². The topological polar surface area (TPSA) is 53.5 Å². The number of hydrogen-bond donors (Lipinski definition) is 1. The van der Waals surface area contributed by atoms with Gasteiger partial charge in [0.1, 0.15) is 10.5 Å². The van der Waals surface area contributed by atoms with Gasteiger partial charge in [-0.25, -0.2) is 0 Å². The van der Waals surface area contributed by atoms with Crippen LogP contribution in [0.25, 0.3) is 0 Å². The first-order chi connectivity index (χ1) is 13.6. The molecule has 0 heterocycles. The number of ether oxygens (including phenoxy) is 2. The van der Waals surface area contributed by atoms with E-state index in [1.54, 1.807) is 7.11 Å². The molecule has 0 aromatic heterocycles. The van der Waals surface area contributed by atoms with Gasteiger partial charge in [-0.3, -0.25) is 0 Å². The van der Waals surface area contributed by atoms with Crippen molar-refractivity contribution in [3.8, 4) is 0 Å². The van der Waals surface area contributed by atoms with Crippen molar-refractivity contribution in [2.24, 2.45) is 5.41 Å². The number of halogens is 1. The van der Waals surface area contributed by atoms with E-state index in [0.717, 1.165) is 42.1 Å². The molecule has 2 atom stereocenters. The first-order valence-electron chi connectivity index (χ1n) is 10.4. The van der Waals surface area contributed by atoms with Crippen LogP contribution in [0.5, 0.6) is 0 Å². The molecule has 2 aliphatic carbocycles. The molecule has 0 bridgehead atoms. The van der Waals surface area contributed by atoms with Crippen LogP contribution in [0.4, 0.5) is 0 Å².